The molecule has 1 N–H and O–H groups in total. The first-order valence-electron chi connectivity index (χ1n) is 10.2. The number of carbonyl (C=O) groups is 1. The van der Waals surface area contributed by atoms with Crippen LogP contribution in [0.5, 0.6) is 0 Å². The van der Waals surface area contributed by atoms with E-state index in [1.165, 1.54) is 22.9 Å². The first kappa shape index (κ1) is 20.4. The second-order valence-corrected chi connectivity index (χ2v) is 8.84. The maximum absolute atomic E-state index is 13.0. The van der Waals surface area contributed by atoms with Gasteiger partial charge in [0.1, 0.15) is 0 Å². The van der Waals surface area contributed by atoms with Crippen LogP contribution in [-0.4, -0.2) is 20.7 Å². The number of benzene rings is 2. The molecule has 0 unspecified atom stereocenters. The molecule has 1 heterocycles. The van der Waals surface area contributed by atoms with E-state index in [0.717, 1.165) is 19.3 Å². The number of para-hydroxylation sites is 1. The molecule has 0 fully saturated rings. The number of allylic oxidation sites excluding steroid dienone is 1. The normalized spacial score (nSPS) is 16.6. The second-order valence-electron chi connectivity index (χ2n) is 7.53. The lowest BCUT2D eigenvalue weighted by Gasteiger charge is -2.27. The van der Waals surface area contributed by atoms with Gasteiger partial charge in [-0.1, -0.05) is 54.2 Å². The zero-order valence-electron chi connectivity index (χ0n) is 17.0. The quantitative estimate of drug-likeness (QED) is 0.368. The topological polar surface area (TPSA) is 64.0 Å². The Bertz CT molecular complexity index is 1150. The van der Waals surface area contributed by atoms with Gasteiger partial charge < -0.3 is 5.32 Å². The third kappa shape index (κ3) is 4.05. The van der Waals surface area contributed by atoms with E-state index in [2.05, 4.69) is 29.0 Å². The van der Waals surface area contributed by atoms with E-state index in [0.29, 0.717) is 22.6 Å². The largest absolute Gasteiger partial charge is 0.348 e. The van der Waals surface area contributed by atoms with E-state index in [4.69, 9.17) is 0 Å². The van der Waals surface area contributed by atoms with Crippen molar-refractivity contribution in [2.45, 2.75) is 49.2 Å². The van der Waals surface area contributed by atoms with Gasteiger partial charge in [0.2, 0.25) is 5.91 Å². The Balaban J connectivity index is 1.56. The van der Waals surface area contributed by atoms with Crippen molar-refractivity contribution in [3.05, 3.63) is 82.7 Å². The van der Waals surface area contributed by atoms with E-state index in [9.17, 15) is 9.59 Å². The molecular weight excluding hydrogens is 394 g/mol. The number of carbonyl (C=O) groups excluding carboxylic acids is 1. The predicted molar refractivity (Wildman–Crippen MR) is 122 cm³/mol. The number of hydrogen-bond donors (Lipinski definition) is 1. The Morgan fingerprint density at radius 1 is 1.30 bits per heavy atom. The molecular formula is C24H25N3O2S. The summed E-state index contributed by atoms with van der Waals surface area (Å²) in [5.41, 5.74) is 3.04. The molecule has 4 rings (SSSR count). The van der Waals surface area contributed by atoms with E-state index in [1.807, 2.05) is 37.3 Å². The molecule has 0 radical (unpaired) electrons. The van der Waals surface area contributed by atoms with Crippen LogP contribution >= 0.6 is 11.8 Å². The first-order chi connectivity index (χ1) is 14.6. The molecule has 154 valence electrons. The molecule has 6 heteroatoms. The van der Waals surface area contributed by atoms with Gasteiger partial charge in [-0.25, -0.2) is 4.98 Å². The van der Waals surface area contributed by atoms with Crippen LogP contribution in [0, 0.1) is 0 Å². The third-order valence-corrected chi connectivity index (χ3v) is 6.57. The average Bonchev–Trinajstić information content (AvgIpc) is 2.76. The number of aryl methyl sites for hydroxylation is 1. The molecule has 1 aliphatic carbocycles. The minimum absolute atomic E-state index is 0.0328. The zero-order chi connectivity index (χ0) is 21.1. The summed E-state index contributed by atoms with van der Waals surface area (Å²) in [6, 6.07) is 15.6. The van der Waals surface area contributed by atoms with Gasteiger partial charge in [0.05, 0.1) is 22.2 Å². The smallest absolute Gasteiger partial charge is 0.262 e. The van der Waals surface area contributed by atoms with Gasteiger partial charge in [-0.05, 0) is 49.4 Å². The standard InChI is InChI=1S/C24H25N3O2S/c1-3-15-27-23(29)19-12-6-7-13-21(19)26-24(27)30-16(2)22(28)25-20-14-8-10-17-9-4-5-11-18(17)20/h3-7,9,11-13,16,20H,1,8,10,14-15H2,2H3,(H,25,28)/t16-,20+/m0/s1. The second kappa shape index (κ2) is 8.88. The van der Waals surface area contributed by atoms with Crippen LogP contribution in [0.4, 0.5) is 0 Å². The summed E-state index contributed by atoms with van der Waals surface area (Å²) >= 11 is 1.31. The summed E-state index contributed by atoms with van der Waals surface area (Å²) in [5.74, 6) is -0.0470. The average molecular weight is 420 g/mol. The van der Waals surface area contributed by atoms with Crippen molar-refractivity contribution in [2.24, 2.45) is 0 Å². The molecule has 5 nitrogen and oxygen atoms in total. The maximum Gasteiger partial charge on any atom is 0.262 e. The molecule has 1 amide bonds. The van der Waals surface area contributed by atoms with Gasteiger partial charge in [-0.2, -0.15) is 0 Å². The minimum Gasteiger partial charge on any atom is -0.348 e. The number of amides is 1. The van der Waals surface area contributed by atoms with Gasteiger partial charge in [0.15, 0.2) is 5.16 Å². The number of nitrogens with zero attached hydrogens (tertiary/aromatic N) is 2. The lowest BCUT2D eigenvalue weighted by Crippen LogP contribution is -2.36. The lowest BCUT2D eigenvalue weighted by molar-refractivity contribution is -0.121. The van der Waals surface area contributed by atoms with Crippen LogP contribution in [0.15, 0.2) is 71.1 Å². The van der Waals surface area contributed by atoms with Crippen molar-refractivity contribution in [1.82, 2.24) is 14.9 Å². The molecule has 1 aliphatic rings. The van der Waals surface area contributed by atoms with E-state index < -0.39 is 0 Å². The molecule has 0 bridgehead atoms. The summed E-state index contributed by atoms with van der Waals surface area (Å²) in [5, 5.41) is 3.92. The lowest BCUT2D eigenvalue weighted by atomic mass is 9.88. The number of thioether (sulfide) groups is 1. The van der Waals surface area contributed by atoms with Gasteiger partial charge >= 0.3 is 0 Å². The van der Waals surface area contributed by atoms with Crippen molar-refractivity contribution in [3.63, 3.8) is 0 Å². The Morgan fingerprint density at radius 2 is 2.07 bits per heavy atom. The van der Waals surface area contributed by atoms with Crippen LogP contribution < -0.4 is 10.9 Å². The Morgan fingerprint density at radius 3 is 2.90 bits per heavy atom. The number of aromatic nitrogens is 2. The molecule has 2 aromatic carbocycles. The highest BCUT2D eigenvalue weighted by molar-refractivity contribution is 8.00. The van der Waals surface area contributed by atoms with Crippen LogP contribution in [0.25, 0.3) is 10.9 Å². The number of fused-ring (bicyclic) bond motifs is 2. The van der Waals surface area contributed by atoms with E-state index in [1.54, 1.807) is 16.7 Å². The Hall–Kier alpha value is -2.86. The molecule has 0 spiro atoms. The fraction of sp³-hybridized carbons (Fsp3) is 0.292. The van der Waals surface area contributed by atoms with Crippen molar-refractivity contribution < 1.29 is 4.79 Å². The van der Waals surface area contributed by atoms with Gasteiger partial charge in [0.25, 0.3) is 5.56 Å². The van der Waals surface area contributed by atoms with Gasteiger partial charge in [-0.3, -0.25) is 14.2 Å². The first-order valence-corrected chi connectivity index (χ1v) is 11.1. The summed E-state index contributed by atoms with van der Waals surface area (Å²) in [7, 11) is 0. The molecule has 1 aromatic heterocycles. The molecule has 0 saturated heterocycles. The summed E-state index contributed by atoms with van der Waals surface area (Å²) < 4.78 is 1.58. The highest BCUT2D eigenvalue weighted by atomic mass is 32.2. The molecule has 30 heavy (non-hydrogen) atoms. The highest BCUT2D eigenvalue weighted by Crippen LogP contribution is 2.30. The zero-order valence-corrected chi connectivity index (χ0v) is 17.8. The number of hydrogen-bond acceptors (Lipinski definition) is 4. The van der Waals surface area contributed by atoms with E-state index in [-0.39, 0.29) is 22.8 Å². The van der Waals surface area contributed by atoms with Crippen LogP contribution in [-0.2, 0) is 17.8 Å². The fourth-order valence-corrected chi connectivity index (χ4v) is 4.86. The number of nitrogens with one attached hydrogen (secondary N) is 1. The molecule has 2 atom stereocenters. The molecule has 3 aromatic rings. The third-order valence-electron chi connectivity index (χ3n) is 5.48. The summed E-state index contributed by atoms with van der Waals surface area (Å²) in [6.45, 7) is 5.96. The van der Waals surface area contributed by atoms with Crippen molar-refractivity contribution in [2.75, 3.05) is 0 Å². The monoisotopic (exact) mass is 419 g/mol. The van der Waals surface area contributed by atoms with Gasteiger partial charge in [-0.15, -0.1) is 6.58 Å². The minimum atomic E-state index is -0.386. The fourth-order valence-electron chi connectivity index (χ4n) is 3.93. The van der Waals surface area contributed by atoms with Crippen LogP contribution in [0.3, 0.4) is 0 Å². The summed E-state index contributed by atoms with van der Waals surface area (Å²) in [4.78, 5) is 30.5. The van der Waals surface area contributed by atoms with Crippen LogP contribution in [0.1, 0.15) is 36.9 Å². The Kier molecular flexibility index (Phi) is 6.04. The molecule has 0 aliphatic heterocycles. The van der Waals surface area contributed by atoms with Crippen LogP contribution in [0.2, 0.25) is 0 Å². The van der Waals surface area contributed by atoms with Gasteiger partial charge in [0, 0.05) is 6.54 Å². The number of rotatable bonds is 6. The van der Waals surface area contributed by atoms with Crippen molar-refractivity contribution in [1.29, 1.82) is 0 Å². The van der Waals surface area contributed by atoms with E-state index >= 15 is 0 Å². The predicted octanol–water partition coefficient (Wildman–Crippen LogP) is 4.26. The molecule has 0 saturated carbocycles. The van der Waals surface area contributed by atoms with Crippen molar-refractivity contribution in [3.8, 4) is 0 Å². The maximum atomic E-state index is 13.0. The van der Waals surface area contributed by atoms with Crippen molar-refractivity contribution >= 4 is 28.6 Å². The SMILES string of the molecule is C=CCn1c(S[C@@H](C)C(=O)N[C@@H]2CCCc3ccccc32)nc2ccccc2c1=O. The Labute approximate surface area is 180 Å². The highest BCUT2D eigenvalue weighted by Gasteiger charge is 2.25. The summed E-state index contributed by atoms with van der Waals surface area (Å²) in [6.07, 6.45) is 4.73.